The van der Waals surface area contributed by atoms with Gasteiger partial charge in [0.1, 0.15) is 0 Å². The molecule has 2 bridgehead atoms. The molecular weight excluding hydrogens is 270 g/mol. The minimum Gasteiger partial charge on any atom is -0.387 e. The molecule has 4 rings (SSSR count). The van der Waals surface area contributed by atoms with Gasteiger partial charge in [-0.25, -0.2) is 0 Å². The first-order chi connectivity index (χ1) is 10.2. The average molecular weight is 285 g/mol. The molecule has 1 aromatic carbocycles. The van der Waals surface area contributed by atoms with Crippen LogP contribution < -0.4 is 0 Å². The summed E-state index contributed by atoms with van der Waals surface area (Å²) < 4.78 is 5.58. The van der Waals surface area contributed by atoms with E-state index in [-0.39, 0.29) is 30.6 Å². The molecule has 3 heterocycles. The van der Waals surface area contributed by atoms with Crippen molar-refractivity contribution in [2.75, 3.05) is 6.54 Å². The van der Waals surface area contributed by atoms with Crippen molar-refractivity contribution in [1.29, 1.82) is 0 Å². The Bertz CT molecular complexity index is 596. The van der Waals surface area contributed by atoms with E-state index in [1.807, 2.05) is 30.4 Å². The van der Waals surface area contributed by atoms with Crippen LogP contribution in [-0.2, 0) is 14.3 Å². The Kier molecular flexibility index (Phi) is 2.74. The second-order valence-electron chi connectivity index (χ2n) is 5.72. The molecule has 5 nitrogen and oxygen atoms in total. The molecule has 5 atom stereocenters. The van der Waals surface area contributed by atoms with Crippen LogP contribution in [-0.4, -0.2) is 40.6 Å². The second kappa shape index (κ2) is 4.51. The third-order valence-corrected chi connectivity index (χ3v) is 4.54. The van der Waals surface area contributed by atoms with E-state index in [2.05, 4.69) is 0 Å². The zero-order chi connectivity index (χ0) is 14.6. The molecule has 108 valence electrons. The number of imide groups is 1. The Labute approximate surface area is 121 Å². The van der Waals surface area contributed by atoms with E-state index < -0.39 is 17.9 Å². The lowest BCUT2D eigenvalue weighted by molar-refractivity contribution is -0.144. The summed E-state index contributed by atoms with van der Waals surface area (Å²) in [7, 11) is 0. The highest BCUT2D eigenvalue weighted by Crippen LogP contribution is 2.45. The van der Waals surface area contributed by atoms with Gasteiger partial charge < -0.3 is 9.84 Å². The number of hydrogen-bond acceptors (Lipinski definition) is 4. The minimum atomic E-state index is -0.857. The molecule has 2 amide bonds. The molecule has 3 aliphatic rings. The first-order valence-corrected chi connectivity index (χ1v) is 7.09. The van der Waals surface area contributed by atoms with Crippen molar-refractivity contribution in [3.63, 3.8) is 0 Å². The van der Waals surface area contributed by atoms with E-state index >= 15 is 0 Å². The summed E-state index contributed by atoms with van der Waals surface area (Å²) in [6.07, 6.45) is 2.29. The maximum absolute atomic E-state index is 12.4. The van der Waals surface area contributed by atoms with Crippen molar-refractivity contribution >= 4 is 11.8 Å². The number of fused-ring (bicyclic) bond motifs is 5. The molecule has 5 heteroatoms. The molecule has 21 heavy (non-hydrogen) atoms. The van der Waals surface area contributed by atoms with Crippen LogP contribution in [0.4, 0.5) is 0 Å². The number of rotatable bonds is 3. The van der Waals surface area contributed by atoms with Crippen molar-refractivity contribution in [3.8, 4) is 0 Å². The number of carbonyl (C=O) groups is 2. The summed E-state index contributed by atoms with van der Waals surface area (Å²) in [4.78, 5) is 26.1. The number of carbonyl (C=O) groups excluding carboxylic acids is 2. The highest BCUT2D eigenvalue weighted by molar-refractivity contribution is 6.06. The zero-order valence-corrected chi connectivity index (χ0v) is 11.3. The van der Waals surface area contributed by atoms with Gasteiger partial charge in [-0.05, 0) is 5.56 Å². The molecule has 1 aromatic rings. The lowest BCUT2D eigenvalue weighted by Crippen LogP contribution is -2.37. The smallest absolute Gasteiger partial charge is 0.236 e. The highest BCUT2D eigenvalue weighted by atomic mass is 16.5. The van der Waals surface area contributed by atoms with Gasteiger partial charge in [-0.2, -0.15) is 0 Å². The first kappa shape index (κ1) is 12.7. The van der Waals surface area contributed by atoms with E-state index in [4.69, 9.17) is 4.74 Å². The van der Waals surface area contributed by atoms with Crippen LogP contribution in [0.2, 0.25) is 0 Å². The van der Waals surface area contributed by atoms with Crippen LogP contribution in [0.5, 0.6) is 0 Å². The molecule has 0 radical (unpaired) electrons. The Morgan fingerprint density at radius 3 is 2.19 bits per heavy atom. The van der Waals surface area contributed by atoms with Crippen LogP contribution in [0, 0.1) is 11.8 Å². The predicted molar refractivity (Wildman–Crippen MR) is 72.9 cm³/mol. The quantitative estimate of drug-likeness (QED) is 0.654. The standard InChI is InChI=1S/C16H15NO4/c18-10(9-4-2-1-3-5-9)8-17-15(19)13-11-6-7-12(21-11)14(13)16(17)20/h1-7,10-14,18H,8H2/t10-,11-,12+,13-,14+/m1/s1. The number of benzene rings is 1. The topological polar surface area (TPSA) is 66.8 Å². The molecule has 3 aliphatic heterocycles. The molecular formula is C16H15NO4. The summed E-state index contributed by atoms with van der Waals surface area (Å²) in [5.74, 6) is -1.26. The molecule has 2 fully saturated rings. The summed E-state index contributed by atoms with van der Waals surface area (Å²) >= 11 is 0. The monoisotopic (exact) mass is 285 g/mol. The first-order valence-electron chi connectivity index (χ1n) is 7.09. The maximum atomic E-state index is 12.4. The number of likely N-dealkylation sites (tertiary alicyclic amines) is 1. The molecule has 1 N–H and O–H groups in total. The number of amides is 2. The van der Waals surface area contributed by atoms with Gasteiger partial charge in [0, 0.05) is 0 Å². The van der Waals surface area contributed by atoms with Crippen molar-refractivity contribution in [2.24, 2.45) is 11.8 Å². The van der Waals surface area contributed by atoms with E-state index in [1.54, 1.807) is 12.1 Å². The zero-order valence-electron chi connectivity index (χ0n) is 11.3. The minimum absolute atomic E-state index is 0.00806. The molecule has 0 saturated carbocycles. The van der Waals surface area contributed by atoms with E-state index in [0.29, 0.717) is 5.56 Å². The largest absolute Gasteiger partial charge is 0.387 e. The van der Waals surface area contributed by atoms with Gasteiger partial charge in [0.15, 0.2) is 0 Å². The fourth-order valence-electron chi connectivity index (χ4n) is 3.50. The lowest BCUT2D eigenvalue weighted by atomic mass is 9.85. The number of ether oxygens (including phenoxy) is 1. The summed E-state index contributed by atoms with van der Waals surface area (Å²) in [6.45, 7) is 0.00806. The van der Waals surface area contributed by atoms with Crippen molar-refractivity contribution in [1.82, 2.24) is 4.90 Å². The van der Waals surface area contributed by atoms with Gasteiger partial charge in [0.25, 0.3) is 0 Å². The molecule has 0 aliphatic carbocycles. The van der Waals surface area contributed by atoms with E-state index in [0.717, 1.165) is 0 Å². The third kappa shape index (κ3) is 1.78. The Morgan fingerprint density at radius 1 is 1.05 bits per heavy atom. The maximum Gasteiger partial charge on any atom is 0.236 e. The number of β-amino-alcohol motifs (C(OH)–C–C–N with tert-alkyl or cyclic N) is 1. The van der Waals surface area contributed by atoms with Gasteiger partial charge in [-0.1, -0.05) is 42.5 Å². The van der Waals surface area contributed by atoms with Crippen molar-refractivity contribution < 1.29 is 19.4 Å². The van der Waals surface area contributed by atoms with Crippen LogP contribution in [0.15, 0.2) is 42.5 Å². The van der Waals surface area contributed by atoms with Crippen LogP contribution in [0.25, 0.3) is 0 Å². The third-order valence-electron chi connectivity index (χ3n) is 4.54. The van der Waals surface area contributed by atoms with E-state index in [1.165, 1.54) is 4.90 Å². The van der Waals surface area contributed by atoms with E-state index in [9.17, 15) is 14.7 Å². The molecule has 0 aromatic heterocycles. The van der Waals surface area contributed by atoms with Gasteiger partial charge in [-0.15, -0.1) is 0 Å². The molecule has 0 unspecified atom stereocenters. The predicted octanol–water partition coefficient (Wildman–Crippen LogP) is 0.658. The summed E-state index contributed by atoms with van der Waals surface area (Å²) in [6, 6.07) is 9.06. The Morgan fingerprint density at radius 2 is 1.62 bits per heavy atom. The van der Waals surface area contributed by atoms with Gasteiger partial charge in [-0.3, -0.25) is 14.5 Å². The van der Waals surface area contributed by atoms with Crippen LogP contribution in [0.3, 0.4) is 0 Å². The second-order valence-corrected chi connectivity index (χ2v) is 5.72. The summed E-state index contributed by atoms with van der Waals surface area (Å²) in [5, 5.41) is 10.2. The van der Waals surface area contributed by atoms with Gasteiger partial charge in [0.05, 0.1) is 36.7 Å². The number of aliphatic hydroxyl groups is 1. The van der Waals surface area contributed by atoms with Crippen LogP contribution in [0.1, 0.15) is 11.7 Å². The normalized spacial score (nSPS) is 34.6. The fourth-order valence-corrected chi connectivity index (χ4v) is 3.50. The highest BCUT2D eigenvalue weighted by Gasteiger charge is 2.60. The molecule has 0 spiro atoms. The Balaban J connectivity index is 1.55. The van der Waals surface area contributed by atoms with Gasteiger partial charge in [0.2, 0.25) is 11.8 Å². The van der Waals surface area contributed by atoms with Crippen LogP contribution >= 0.6 is 0 Å². The van der Waals surface area contributed by atoms with Crippen molar-refractivity contribution in [3.05, 3.63) is 48.0 Å². The fraction of sp³-hybridized carbons (Fsp3) is 0.375. The summed E-state index contributed by atoms with van der Waals surface area (Å²) in [5.41, 5.74) is 0.701. The SMILES string of the molecule is O=C1[C@@H]2[C@H](C(=O)N1C[C@@H](O)c1ccccc1)[C@H]1C=C[C@@H]2O1. The lowest BCUT2D eigenvalue weighted by Gasteiger charge is -2.21. The average Bonchev–Trinajstić information content (AvgIpc) is 3.18. The number of aliphatic hydroxyl groups excluding tert-OH is 1. The number of nitrogens with zero attached hydrogens (tertiary/aromatic N) is 1. The van der Waals surface area contributed by atoms with Crippen molar-refractivity contribution in [2.45, 2.75) is 18.3 Å². The Hall–Kier alpha value is -1.98. The molecule has 2 saturated heterocycles. The van der Waals surface area contributed by atoms with Gasteiger partial charge >= 0.3 is 0 Å². The number of hydrogen-bond donors (Lipinski definition) is 1.